The topological polar surface area (TPSA) is 81.0 Å². The van der Waals surface area contributed by atoms with Crippen LogP contribution < -0.4 is 0 Å². The van der Waals surface area contributed by atoms with Crippen molar-refractivity contribution in [3.05, 3.63) is 77.9 Å². The van der Waals surface area contributed by atoms with Crippen molar-refractivity contribution in [3.8, 4) is 0 Å². The first kappa shape index (κ1) is 17.1. The van der Waals surface area contributed by atoms with E-state index in [0.717, 1.165) is 17.0 Å². The highest BCUT2D eigenvalue weighted by Gasteiger charge is 2.38. The zero-order valence-corrected chi connectivity index (χ0v) is 14.9. The molecule has 3 aromatic rings. The molecule has 0 saturated heterocycles. The standard InChI is InChI=1S/C20H19N5O2/c1-24-13-23-16-6-10-25(20(27)15-3-2-7-22-12-15)19(18(16)24)17(26)11-14-4-8-21-9-5-14/h2-5,7-9,12-13,19H,6,10-11H2,1H3. The van der Waals surface area contributed by atoms with Gasteiger partial charge < -0.3 is 9.47 Å². The van der Waals surface area contributed by atoms with E-state index in [9.17, 15) is 9.59 Å². The van der Waals surface area contributed by atoms with Crippen LogP contribution in [-0.2, 0) is 24.7 Å². The summed E-state index contributed by atoms with van der Waals surface area (Å²) >= 11 is 0. The molecule has 0 fully saturated rings. The Morgan fingerprint density at radius 3 is 2.70 bits per heavy atom. The van der Waals surface area contributed by atoms with Crippen LogP contribution in [-0.4, -0.2) is 42.7 Å². The summed E-state index contributed by atoms with van der Waals surface area (Å²) in [4.78, 5) is 40.4. The second-order valence-electron chi connectivity index (χ2n) is 6.58. The molecule has 7 heteroatoms. The summed E-state index contributed by atoms with van der Waals surface area (Å²) in [5, 5.41) is 0. The van der Waals surface area contributed by atoms with Gasteiger partial charge in [0.1, 0.15) is 6.04 Å². The number of hydrogen-bond donors (Lipinski definition) is 0. The van der Waals surface area contributed by atoms with Crippen molar-refractivity contribution in [2.24, 2.45) is 7.05 Å². The molecule has 1 unspecified atom stereocenters. The summed E-state index contributed by atoms with van der Waals surface area (Å²) in [7, 11) is 1.86. The monoisotopic (exact) mass is 361 g/mol. The van der Waals surface area contributed by atoms with Gasteiger partial charge >= 0.3 is 0 Å². The number of carbonyl (C=O) groups is 2. The van der Waals surface area contributed by atoms with Crippen LogP contribution >= 0.6 is 0 Å². The van der Waals surface area contributed by atoms with Crippen LogP contribution in [0.5, 0.6) is 0 Å². The predicted octanol–water partition coefficient (Wildman–Crippen LogP) is 1.76. The van der Waals surface area contributed by atoms with E-state index in [1.807, 2.05) is 23.7 Å². The second-order valence-corrected chi connectivity index (χ2v) is 6.58. The molecule has 4 rings (SSSR count). The lowest BCUT2D eigenvalue weighted by Crippen LogP contribution is -2.44. The molecule has 0 spiro atoms. The largest absolute Gasteiger partial charge is 0.335 e. The molecule has 0 radical (unpaired) electrons. The maximum absolute atomic E-state index is 13.3. The van der Waals surface area contributed by atoms with E-state index >= 15 is 0 Å². The van der Waals surface area contributed by atoms with Gasteiger partial charge in [-0.15, -0.1) is 0 Å². The van der Waals surface area contributed by atoms with Gasteiger partial charge in [-0.25, -0.2) is 4.98 Å². The van der Waals surface area contributed by atoms with E-state index in [-0.39, 0.29) is 18.1 Å². The Bertz CT molecular complexity index is 969. The molecule has 0 aliphatic carbocycles. The van der Waals surface area contributed by atoms with E-state index in [4.69, 9.17) is 0 Å². The van der Waals surface area contributed by atoms with Crippen LogP contribution in [0.25, 0.3) is 0 Å². The Labute approximate surface area is 156 Å². The van der Waals surface area contributed by atoms with Gasteiger partial charge in [0, 0.05) is 51.2 Å². The van der Waals surface area contributed by atoms with E-state index in [2.05, 4.69) is 15.0 Å². The third kappa shape index (κ3) is 3.23. The minimum atomic E-state index is -0.665. The number of nitrogens with zero attached hydrogens (tertiary/aromatic N) is 5. The van der Waals surface area contributed by atoms with Gasteiger partial charge in [-0.1, -0.05) is 0 Å². The maximum Gasteiger partial charge on any atom is 0.256 e. The van der Waals surface area contributed by atoms with Gasteiger partial charge in [-0.2, -0.15) is 0 Å². The molecular weight excluding hydrogens is 342 g/mol. The lowest BCUT2D eigenvalue weighted by atomic mass is 9.94. The van der Waals surface area contributed by atoms with Gasteiger partial charge in [0.2, 0.25) is 0 Å². The van der Waals surface area contributed by atoms with Crippen molar-refractivity contribution in [1.82, 2.24) is 24.4 Å². The van der Waals surface area contributed by atoms with Crippen molar-refractivity contribution in [2.75, 3.05) is 6.54 Å². The number of imidazole rings is 1. The first-order valence-corrected chi connectivity index (χ1v) is 8.78. The molecule has 0 bridgehead atoms. The van der Waals surface area contributed by atoms with Crippen LogP contribution in [0.15, 0.2) is 55.4 Å². The normalized spacial score (nSPS) is 16.0. The van der Waals surface area contributed by atoms with Crippen LogP contribution in [0.1, 0.15) is 33.4 Å². The molecule has 7 nitrogen and oxygen atoms in total. The minimum absolute atomic E-state index is 0.0389. The first-order chi connectivity index (χ1) is 13.1. The summed E-state index contributed by atoms with van der Waals surface area (Å²) in [6.45, 7) is 0.449. The lowest BCUT2D eigenvalue weighted by molar-refractivity contribution is -0.123. The number of Topliss-reactive ketones (excluding diaryl/α,β-unsaturated/α-hetero) is 1. The molecule has 0 saturated carbocycles. The molecular formula is C20H19N5O2. The van der Waals surface area contributed by atoms with Crippen LogP contribution in [0, 0.1) is 0 Å². The Morgan fingerprint density at radius 1 is 1.15 bits per heavy atom. The number of aromatic nitrogens is 4. The molecule has 4 heterocycles. The number of fused-ring (bicyclic) bond motifs is 1. The average Bonchev–Trinajstić information content (AvgIpc) is 3.09. The fourth-order valence-electron chi connectivity index (χ4n) is 3.53. The Hall–Kier alpha value is -3.35. The predicted molar refractivity (Wildman–Crippen MR) is 97.9 cm³/mol. The van der Waals surface area contributed by atoms with E-state index in [0.29, 0.717) is 18.5 Å². The third-order valence-corrected chi connectivity index (χ3v) is 4.82. The van der Waals surface area contributed by atoms with Crippen LogP contribution in [0.3, 0.4) is 0 Å². The second kappa shape index (κ2) is 7.11. The van der Waals surface area contributed by atoms with Gasteiger partial charge in [0.15, 0.2) is 5.78 Å². The zero-order chi connectivity index (χ0) is 18.8. The van der Waals surface area contributed by atoms with Crippen LogP contribution in [0.2, 0.25) is 0 Å². The number of rotatable bonds is 4. The molecule has 136 valence electrons. The number of ketones is 1. The van der Waals surface area contributed by atoms with Crippen molar-refractivity contribution in [2.45, 2.75) is 18.9 Å². The number of amides is 1. The average molecular weight is 361 g/mol. The fourth-order valence-corrected chi connectivity index (χ4v) is 3.53. The van der Waals surface area contributed by atoms with E-state index < -0.39 is 6.04 Å². The molecule has 1 atom stereocenters. The molecule has 0 aromatic carbocycles. The van der Waals surface area contributed by atoms with Gasteiger partial charge in [-0.3, -0.25) is 19.6 Å². The summed E-state index contributed by atoms with van der Waals surface area (Å²) in [6, 6.07) is 6.41. The summed E-state index contributed by atoms with van der Waals surface area (Å²) < 4.78 is 1.84. The van der Waals surface area contributed by atoms with Crippen molar-refractivity contribution >= 4 is 11.7 Å². The van der Waals surface area contributed by atoms with Crippen molar-refractivity contribution in [1.29, 1.82) is 0 Å². The number of aryl methyl sites for hydroxylation is 1. The lowest BCUT2D eigenvalue weighted by Gasteiger charge is -2.35. The minimum Gasteiger partial charge on any atom is -0.335 e. The number of carbonyl (C=O) groups excluding carboxylic acids is 2. The van der Waals surface area contributed by atoms with E-state index in [1.165, 1.54) is 6.20 Å². The Kier molecular flexibility index (Phi) is 4.50. The van der Waals surface area contributed by atoms with Gasteiger partial charge in [-0.05, 0) is 29.8 Å². The van der Waals surface area contributed by atoms with Crippen molar-refractivity contribution in [3.63, 3.8) is 0 Å². The van der Waals surface area contributed by atoms with Gasteiger partial charge in [0.05, 0.1) is 23.3 Å². The number of pyridine rings is 2. The van der Waals surface area contributed by atoms with Crippen molar-refractivity contribution < 1.29 is 9.59 Å². The zero-order valence-electron chi connectivity index (χ0n) is 14.9. The third-order valence-electron chi connectivity index (χ3n) is 4.82. The van der Waals surface area contributed by atoms with E-state index in [1.54, 1.807) is 42.0 Å². The van der Waals surface area contributed by atoms with Crippen LogP contribution in [0.4, 0.5) is 0 Å². The molecule has 1 aliphatic rings. The highest BCUT2D eigenvalue weighted by Crippen LogP contribution is 2.31. The summed E-state index contributed by atoms with van der Waals surface area (Å²) in [5.74, 6) is -0.231. The highest BCUT2D eigenvalue weighted by atomic mass is 16.2. The molecule has 1 aliphatic heterocycles. The smallest absolute Gasteiger partial charge is 0.256 e. The molecule has 1 amide bonds. The van der Waals surface area contributed by atoms with Gasteiger partial charge in [0.25, 0.3) is 5.91 Å². The Morgan fingerprint density at radius 2 is 1.96 bits per heavy atom. The molecule has 0 N–H and O–H groups in total. The quantitative estimate of drug-likeness (QED) is 0.707. The molecule has 27 heavy (non-hydrogen) atoms. The molecule has 3 aromatic heterocycles. The SMILES string of the molecule is Cn1cnc2c1C(C(=O)Cc1ccncc1)N(C(=O)c1cccnc1)CC2. The fraction of sp³-hybridized carbons (Fsp3) is 0.250. The first-order valence-electron chi connectivity index (χ1n) is 8.78. The summed E-state index contributed by atoms with van der Waals surface area (Å²) in [6.07, 6.45) is 9.05. The summed E-state index contributed by atoms with van der Waals surface area (Å²) in [5.41, 5.74) is 3.02. The maximum atomic E-state index is 13.3. The highest BCUT2D eigenvalue weighted by molar-refractivity contribution is 5.98. The number of hydrogen-bond acceptors (Lipinski definition) is 5. The Balaban J connectivity index is 1.71.